The average molecular weight is 166 g/mol. The molecule has 2 heteroatoms. The van der Waals surface area contributed by atoms with E-state index < -0.39 is 0 Å². The fourth-order valence-corrected chi connectivity index (χ4v) is 2.41. The second-order valence-corrected chi connectivity index (χ2v) is 3.78. The van der Waals surface area contributed by atoms with Crippen LogP contribution in [0.2, 0.25) is 0 Å². The number of ether oxygens (including phenoxy) is 1. The van der Waals surface area contributed by atoms with Crippen molar-refractivity contribution in [2.75, 3.05) is 0 Å². The summed E-state index contributed by atoms with van der Waals surface area (Å²) in [6.07, 6.45) is 6.94. The van der Waals surface area contributed by atoms with E-state index in [0.29, 0.717) is 12.3 Å². The Morgan fingerprint density at radius 1 is 1.58 bits per heavy atom. The lowest BCUT2D eigenvalue weighted by Crippen LogP contribution is -2.35. The standard InChI is InChI=1S/C10H14O2/c1-2-10-6-4-3-5-8(10)7-9(11)12-10/h2,8H,1,3-7H2/t8-,10-/m1/s1. The molecular weight excluding hydrogens is 152 g/mol. The van der Waals surface area contributed by atoms with Gasteiger partial charge in [-0.15, -0.1) is 0 Å². The fraction of sp³-hybridized carbons (Fsp3) is 0.700. The molecule has 2 nitrogen and oxygen atoms in total. The zero-order chi connectivity index (χ0) is 8.60. The predicted octanol–water partition coefficient (Wildman–Crippen LogP) is 2.05. The van der Waals surface area contributed by atoms with Gasteiger partial charge in [0.2, 0.25) is 0 Å². The molecule has 0 aromatic rings. The number of carbonyl (C=O) groups excluding carboxylic acids is 1. The van der Waals surface area contributed by atoms with Gasteiger partial charge in [-0.2, -0.15) is 0 Å². The van der Waals surface area contributed by atoms with Crippen molar-refractivity contribution in [3.05, 3.63) is 12.7 Å². The molecule has 0 N–H and O–H groups in total. The van der Waals surface area contributed by atoms with Crippen LogP contribution in [0.4, 0.5) is 0 Å². The number of rotatable bonds is 1. The number of esters is 1. The Hall–Kier alpha value is -0.790. The van der Waals surface area contributed by atoms with E-state index in [0.717, 1.165) is 19.3 Å². The molecule has 0 radical (unpaired) electrons. The minimum absolute atomic E-state index is 0.0400. The third-order valence-electron chi connectivity index (χ3n) is 3.12. The van der Waals surface area contributed by atoms with Crippen LogP contribution in [-0.4, -0.2) is 11.6 Å². The van der Waals surface area contributed by atoms with Gasteiger partial charge >= 0.3 is 5.97 Å². The molecule has 1 saturated carbocycles. The quantitative estimate of drug-likeness (QED) is 0.440. The van der Waals surface area contributed by atoms with Crippen molar-refractivity contribution in [1.29, 1.82) is 0 Å². The SMILES string of the molecule is C=C[C@@]12CCCC[C@@H]1CC(=O)O2. The topological polar surface area (TPSA) is 26.3 Å². The molecule has 12 heavy (non-hydrogen) atoms. The molecule has 66 valence electrons. The van der Waals surface area contributed by atoms with Crippen molar-refractivity contribution < 1.29 is 9.53 Å². The third kappa shape index (κ3) is 0.977. The van der Waals surface area contributed by atoms with Crippen molar-refractivity contribution in [3.8, 4) is 0 Å². The van der Waals surface area contributed by atoms with E-state index in [2.05, 4.69) is 6.58 Å². The van der Waals surface area contributed by atoms with Crippen LogP contribution in [0.15, 0.2) is 12.7 Å². The Morgan fingerprint density at radius 2 is 2.42 bits per heavy atom. The van der Waals surface area contributed by atoms with Crippen LogP contribution < -0.4 is 0 Å². The fourth-order valence-electron chi connectivity index (χ4n) is 2.41. The maximum atomic E-state index is 11.1. The Bertz CT molecular complexity index is 222. The Morgan fingerprint density at radius 3 is 3.08 bits per heavy atom. The van der Waals surface area contributed by atoms with Gasteiger partial charge in [0.25, 0.3) is 0 Å². The maximum Gasteiger partial charge on any atom is 0.307 e. The van der Waals surface area contributed by atoms with E-state index in [4.69, 9.17) is 4.74 Å². The van der Waals surface area contributed by atoms with Crippen LogP contribution in [0.5, 0.6) is 0 Å². The van der Waals surface area contributed by atoms with E-state index in [9.17, 15) is 4.79 Å². The zero-order valence-electron chi connectivity index (χ0n) is 7.21. The first-order valence-corrected chi connectivity index (χ1v) is 4.62. The molecule has 0 unspecified atom stereocenters. The second kappa shape index (κ2) is 2.61. The summed E-state index contributed by atoms with van der Waals surface area (Å²) < 4.78 is 5.35. The normalized spacial score (nSPS) is 40.3. The highest BCUT2D eigenvalue weighted by Crippen LogP contribution is 2.44. The van der Waals surface area contributed by atoms with E-state index in [1.165, 1.54) is 6.42 Å². The minimum atomic E-state index is -0.282. The molecule has 2 fully saturated rings. The summed E-state index contributed by atoms with van der Waals surface area (Å²) in [6.45, 7) is 3.78. The van der Waals surface area contributed by atoms with Gasteiger partial charge in [0.05, 0.1) is 6.42 Å². The molecule has 0 amide bonds. The summed E-state index contributed by atoms with van der Waals surface area (Å²) >= 11 is 0. The first-order valence-electron chi connectivity index (χ1n) is 4.62. The van der Waals surface area contributed by atoms with Gasteiger partial charge in [-0.3, -0.25) is 4.79 Å². The third-order valence-corrected chi connectivity index (χ3v) is 3.12. The minimum Gasteiger partial charge on any atom is -0.454 e. The van der Waals surface area contributed by atoms with Crippen molar-refractivity contribution in [3.63, 3.8) is 0 Å². The molecule has 1 saturated heterocycles. The number of fused-ring (bicyclic) bond motifs is 1. The summed E-state index contributed by atoms with van der Waals surface area (Å²) in [7, 11) is 0. The first-order chi connectivity index (χ1) is 5.77. The lowest BCUT2D eigenvalue weighted by atomic mass is 9.75. The Balaban J connectivity index is 2.24. The van der Waals surface area contributed by atoms with Crippen LogP contribution in [0.1, 0.15) is 32.1 Å². The van der Waals surface area contributed by atoms with Crippen molar-refractivity contribution in [1.82, 2.24) is 0 Å². The van der Waals surface area contributed by atoms with E-state index in [1.807, 2.05) is 6.08 Å². The first kappa shape index (κ1) is 7.84. The van der Waals surface area contributed by atoms with E-state index in [1.54, 1.807) is 0 Å². The van der Waals surface area contributed by atoms with Crippen LogP contribution in [-0.2, 0) is 9.53 Å². The van der Waals surface area contributed by atoms with E-state index in [-0.39, 0.29) is 11.6 Å². The van der Waals surface area contributed by atoms with Crippen LogP contribution in [0.25, 0.3) is 0 Å². The molecule has 2 atom stereocenters. The Labute approximate surface area is 72.6 Å². The summed E-state index contributed by atoms with van der Waals surface area (Å²) in [5.41, 5.74) is -0.282. The number of hydrogen-bond acceptors (Lipinski definition) is 2. The summed E-state index contributed by atoms with van der Waals surface area (Å²) in [6, 6.07) is 0. The summed E-state index contributed by atoms with van der Waals surface area (Å²) in [5, 5.41) is 0. The van der Waals surface area contributed by atoms with Gasteiger partial charge in [-0.05, 0) is 25.3 Å². The lowest BCUT2D eigenvalue weighted by Gasteiger charge is -2.34. The van der Waals surface area contributed by atoms with Crippen molar-refractivity contribution in [2.24, 2.45) is 5.92 Å². The van der Waals surface area contributed by atoms with Gasteiger partial charge in [-0.25, -0.2) is 0 Å². The average Bonchev–Trinajstić information content (AvgIpc) is 2.41. The largest absolute Gasteiger partial charge is 0.454 e. The molecule has 1 aliphatic heterocycles. The Kier molecular flexibility index (Phi) is 1.71. The van der Waals surface area contributed by atoms with Gasteiger partial charge in [0.15, 0.2) is 0 Å². The van der Waals surface area contributed by atoms with Crippen LogP contribution in [0.3, 0.4) is 0 Å². The van der Waals surface area contributed by atoms with Crippen LogP contribution >= 0.6 is 0 Å². The summed E-state index contributed by atoms with van der Waals surface area (Å²) in [5.74, 6) is 0.373. The second-order valence-electron chi connectivity index (χ2n) is 3.78. The number of hydrogen-bond donors (Lipinski definition) is 0. The van der Waals surface area contributed by atoms with Crippen molar-refractivity contribution >= 4 is 5.97 Å². The molecule has 0 aromatic carbocycles. The highest BCUT2D eigenvalue weighted by Gasteiger charge is 2.47. The van der Waals surface area contributed by atoms with E-state index >= 15 is 0 Å². The highest BCUT2D eigenvalue weighted by molar-refractivity contribution is 5.73. The van der Waals surface area contributed by atoms with Crippen LogP contribution in [0, 0.1) is 5.92 Å². The molecule has 0 bridgehead atoms. The lowest BCUT2D eigenvalue weighted by molar-refractivity contribution is -0.146. The molecule has 1 heterocycles. The molecule has 0 spiro atoms. The maximum absolute atomic E-state index is 11.1. The van der Waals surface area contributed by atoms with Gasteiger partial charge in [0.1, 0.15) is 5.60 Å². The highest BCUT2D eigenvalue weighted by atomic mass is 16.6. The zero-order valence-corrected chi connectivity index (χ0v) is 7.21. The summed E-state index contributed by atoms with van der Waals surface area (Å²) in [4.78, 5) is 11.1. The van der Waals surface area contributed by atoms with Crippen molar-refractivity contribution in [2.45, 2.75) is 37.7 Å². The van der Waals surface area contributed by atoms with Gasteiger partial charge in [-0.1, -0.05) is 13.0 Å². The number of carbonyl (C=O) groups is 1. The monoisotopic (exact) mass is 166 g/mol. The van der Waals surface area contributed by atoms with Gasteiger partial charge in [0, 0.05) is 5.92 Å². The smallest absolute Gasteiger partial charge is 0.307 e. The molecular formula is C10H14O2. The predicted molar refractivity (Wildman–Crippen MR) is 45.6 cm³/mol. The molecule has 0 aromatic heterocycles. The van der Waals surface area contributed by atoms with Gasteiger partial charge < -0.3 is 4.74 Å². The molecule has 1 aliphatic carbocycles. The molecule has 2 rings (SSSR count). The molecule has 2 aliphatic rings.